The summed E-state index contributed by atoms with van der Waals surface area (Å²) in [6.07, 6.45) is 0. The van der Waals surface area contributed by atoms with Crippen LogP contribution in [0.2, 0.25) is 0 Å². The second-order valence-electron chi connectivity index (χ2n) is 4.36. The van der Waals surface area contributed by atoms with Gasteiger partial charge in [-0.25, -0.2) is 4.98 Å². The summed E-state index contributed by atoms with van der Waals surface area (Å²) < 4.78 is 5.39. The van der Waals surface area contributed by atoms with Crippen molar-refractivity contribution in [2.24, 2.45) is 0 Å². The predicted molar refractivity (Wildman–Crippen MR) is 76.6 cm³/mol. The third-order valence-corrected chi connectivity index (χ3v) is 3.60. The molecule has 2 aromatic rings. The molecule has 1 N–H and O–H groups in total. The van der Waals surface area contributed by atoms with Gasteiger partial charge in [-0.3, -0.25) is 0 Å². The quantitative estimate of drug-likeness (QED) is 0.906. The Morgan fingerprint density at radius 2 is 2.11 bits per heavy atom. The Kier molecular flexibility index (Phi) is 3.87. The molecule has 0 saturated carbocycles. The molecule has 0 amide bonds. The molecule has 3 nitrogen and oxygen atoms in total. The Morgan fingerprint density at radius 1 is 1.33 bits per heavy atom. The van der Waals surface area contributed by atoms with Crippen LogP contribution < -0.4 is 10.1 Å². The van der Waals surface area contributed by atoms with Crippen molar-refractivity contribution >= 4 is 17.0 Å². The van der Waals surface area contributed by atoms with Crippen LogP contribution in [0, 0.1) is 13.8 Å². The number of methoxy groups -OCH3 is 1. The topological polar surface area (TPSA) is 34.1 Å². The zero-order valence-electron chi connectivity index (χ0n) is 11.2. The van der Waals surface area contributed by atoms with Gasteiger partial charge in [-0.1, -0.05) is 6.07 Å². The van der Waals surface area contributed by atoms with Crippen molar-refractivity contribution in [1.82, 2.24) is 4.98 Å². The van der Waals surface area contributed by atoms with Crippen LogP contribution >= 0.6 is 11.3 Å². The molecule has 1 aromatic carbocycles. The van der Waals surface area contributed by atoms with E-state index in [4.69, 9.17) is 4.74 Å². The molecule has 0 spiro atoms. The van der Waals surface area contributed by atoms with Gasteiger partial charge in [0.25, 0.3) is 0 Å². The van der Waals surface area contributed by atoms with Crippen LogP contribution in [0.3, 0.4) is 0 Å². The van der Waals surface area contributed by atoms with Crippen LogP contribution in [0.5, 0.6) is 5.75 Å². The summed E-state index contributed by atoms with van der Waals surface area (Å²) >= 11 is 1.67. The lowest BCUT2D eigenvalue weighted by Gasteiger charge is -2.16. The van der Waals surface area contributed by atoms with Crippen molar-refractivity contribution in [2.75, 3.05) is 12.4 Å². The van der Waals surface area contributed by atoms with Crippen molar-refractivity contribution in [3.8, 4) is 5.75 Å². The van der Waals surface area contributed by atoms with Crippen molar-refractivity contribution in [3.05, 3.63) is 39.8 Å². The van der Waals surface area contributed by atoms with Gasteiger partial charge in [-0.2, -0.15) is 0 Å². The van der Waals surface area contributed by atoms with E-state index >= 15 is 0 Å². The van der Waals surface area contributed by atoms with Crippen LogP contribution in [0.15, 0.2) is 23.6 Å². The molecule has 96 valence electrons. The summed E-state index contributed by atoms with van der Waals surface area (Å²) in [5, 5.41) is 6.62. The van der Waals surface area contributed by atoms with Gasteiger partial charge < -0.3 is 10.1 Å². The maximum Gasteiger partial charge on any atom is 0.142 e. The van der Waals surface area contributed by atoms with Gasteiger partial charge >= 0.3 is 0 Å². The number of benzene rings is 1. The Balaban J connectivity index is 2.18. The maximum atomic E-state index is 5.39. The minimum absolute atomic E-state index is 0.173. The largest absolute Gasteiger partial charge is 0.495 e. The van der Waals surface area contributed by atoms with E-state index in [0.29, 0.717) is 0 Å². The first-order valence-corrected chi connectivity index (χ1v) is 6.81. The minimum atomic E-state index is 0.173. The third kappa shape index (κ3) is 2.82. The molecule has 0 aliphatic carbocycles. The number of hydrogen-bond acceptors (Lipinski definition) is 4. The van der Waals surface area contributed by atoms with Crippen LogP contribution in [-0.4, -0.2) is 12.1 Å². The van der Waals surface area contributed by atoms with Gasteiger partial charge in [-0.05, 0) is 38.5 Å². The van der Waals surface area contributed by atoms with E-state index in [-0.39, 0.29) is 6.04 Å². The number of aromatic nitrogens is 1. The molecule has 1 aromatic heterocycles. The summed E-state index contributed by atoms with van der Waals surface area (Å²) in [4.78, 5) is 4.50. The van der Waals surface area contributed by atoms with E-state index in [1.54, 1.807) is 18.4 Å². The minimum Gasteiger partial charge on any atom is -0.495 e. The highest BCUT2D eigenvalue weighted by Crippen LogP contribution is 2.29. The number of rotatable bonds is 4. The average Bonchev–Trinajstić information content (AvgIpc) is 2.78. The molecular weight excluding hydrogens is 244 g/mol. The number of thiazole rings is 1. The molecular formula is C14H18N2OS. The number of nitrogens with one attached hydrogen (secondary N) is 1. The molecule has 0 radical (unpaired) electrons. The van der Waals surface area contributed by atoms with E-state index in [1.165, 1.54) is 5.56 Å². The van der Waals surface area contributed by atoms with Crippen LogP contribution in [0.25, 0.3) is 0 Å². The maximum absolute atomic E-state index is 5.39. The lowest BCUT2D eigenvalue weighted by atomic mass is 10.2. The first-order valence-electron chi connectivity index (χ1n) is 5.93. The summed E-state index contributed by atoms with van der Waals surface area (Å²) in [6, 6.07) is 6.32. The van der Waals surface area contributed by atoms with Gasteiger partial charge in [0.2, 0.25) is 0 Å². The lowest BCUT2D eigenvalue weighted by molar-refractivity contribution is 0.415. The van der Waals surface area contributed by atoms with Gasteiger partial charge in [0, 0.05) is 5.38 Å². The molecule has 1 heterocycles. The van der Waals surface area contributed by atoms with E-state index in [1.807, 2.05) is 19.1 Å². The fourth-order valence-electron chi connectivity index (χ4n) is 1.80. The fraction of sp³-hybridized carbons (Fsp3) is 0.357. The van der Waals surface area contributed by atoms with Crippen LogP contribution in [-0.2, 0) is 0 Å². The van der Waals surface area contributed by atoms with Crippen molar-refractivity contribution in [1.29, 1.82) is 0 Å². The van der Waals surface area contributed by atoms with E-state index in [9.17, 15) is 0 Å². The van der Waals surface area contributed by atoms with Gasteiger partial charge in [0.1, 0.15) is 5.75 Å². The molecule has 4 heteroatoms. The second-order valence-corrected chi connectivity index (χ2v) is 5.42. The third-order valence-electron chi connectivity index (χ3n) is 2.81. The number of aryl methyl sites for hydroxylation is 2. The summed E-state index contributed by atoms with van der Waals surface area (Å²) in [5.74, 6) is 0.869. The standard InChI is InChI=1S/C14H18N2OS/c1-9-5-6-12(14(7-9)17-4)15-10(2)13-8-18-11(3)16-13/h5-8,10,15H,1-4H3. The molecule has 1 unspecified atom stereocenters. The monoisotopic (exact) mass is 262 g/mol. The Bertz CT molecular complexity index is 536. The highest BCUT2D eigenvalue weighted by molar-refractivity contribution is 7.09. The molecule has 0 bridgehead atoms. The molecule has 2 rings (SSSR count). The fourth-order valence-corrected chi connectivity index (χ4v) is 2.51. The first kappa shape index (κ1) is 12.9. The average molecular weight is 262 g/mol. The van der Waals surface area contributed by atoms with Gasteiger partial charge in [-0.15, -0.1) is 11.3 Å². The second kappa shape index (κ2) is 5.40. The molecule has 0 aliphatic heterocycles. The molecule has 0 fully saturated rings. The number of nitrogens with zero attached hydrogens (tertiary/aromatic N) is 1. The number of ether oxygens (including phenoxy) is 1. The summed E-state index contributed by atoms with van der Waals surface area (Å²) in [6.45, 7) is 6.18. The Hall–Kier alpha value is -1.55. The van der Waals surface area contributed by atoms with Crippen LogP contribution in [0.1, 0.15) is 29.2 Å². The molecule has 18 heavy (non-hydrogen) atoms. The van der Waals surface area contributed by atoms with Crippen LogP contribution in [0.4, 0.5) is 5.69 Å². The van der Waals surface area contributed by atoms with Gasteiger partial charge in [0.15, 0.2) is 0 Å². The molecule has 1 atom stereocenters. The normalized spacial score (nSPS) is 12.2. The smallest absolute Gasteiger partial charge is 0.142 e. The zero-order valence-corrected chi connectivity index (χ0v) is 12.0. The van der Waals surface area contributed by atoms with E-state index in [0.717, 1.165) is 22.1 Å². The SMILES string of the molecule is COc1cc(C)ccc1NC(C)c1csc(C)n1. The van der Waals surface area contributed by atoms with Crippen molar-refractivity contribution < 1.29 is 4.74 Å². The predicted octanol–water partition coefficient (Wildman–Crippen LogP) is 3.94. The number of hydrogen-bond donors (Lipinski definition) is 1. The first-order chi connectivity index (χ1) is 8.60. The summed E-state index contributed by atoms with van der Waals surface area (Å²) in [5.41, 5.74) is 3.26. The lowest BCUT2D eigenvalue weighted by Crippen LogP contribution is -2.08. The van der Waals surface area contributed by atoms with Crippen molar-refractivity contribution in [2.45, 2.75) is 26.8 Å². The Morgan fingerprint density at radius 3 is 2.72 bits per heavy atom. The van der Waals surface area contributed by atoms with E-state index < -0.39 is 0 Å². The molecule has 0 aliphatic rings. The van der Waals surface area contributed by atoms with Gasteiger partial charge in [0.05, 0.1) is 29.5 Å². The zero-order chi connectivity index (χ0) is 13.1. The highest BCUT2D eigenvalue weighted by Gasteiger charge is 2.11. The number of anilines is 1. The Labute approximate surface area is 112 Å². The molecule has 0 saturated heterocycles. The highest BCUT2D eigenvalue weighted by atomic mass is 32.1. The van der Waals surface area contributed by atoms with Crippen molar-refractivity contribution in [3.63, 3.8) is 0 Å². The van der Waals surface area contributed by atoms with E-state index in [2.05, 4.69) is 35.6 Å². The summed E-state index contributed by atoms with van der Waals surface area (Å²) in [7, 11) is 1.69.